The number of aromatic nitrogens is 1. The van der Waals surface area contributed by atoms with Crippen molar-refractivity contribution in [3.05, 3.63) is 51.3 Å². The zero-order valence-electron chi connectivity index (χ0n) is 9.94. The minimum atomic E-state index is 0.524. The van der Waals surface area contributed by atoms with E-state index in [9.17, 15) is 0 Å². The predicted molar refractivity (Wildman–Crippen MR) is 78.2 cm³/mol. The van der Waals surface area contributed by atoms with Crippen LogP contribution in [0.25, 0.3) is 0 Å². The van der Waals surface area contributed by atoms with Crippen LogP contribution in [-0.2, 0) is 0 Å². The van der Waals surface area contributed by atoms with Gasteiger partial charge in [0.15, 0.2) is 0 Å². The van der Waals surface area contributed by atoms with Crippen molar-refractivity contribution in [2.24, 2.45) is 0 Å². The van der Waals surface area contributed by atoms with Crippen LogP contribution in [0.4, 0.5) is 0 Å². The molecule has 4 heteroatoms. The van der Waals surface area contributed by atoms with Crippen LogP contribution in [0.2, 0.25) is 0 Å². The standard InChI is InChI=1S/C14H12BrNOS/c1-8-6-10(15)4-5-11(8)14(18)12-7-16-17-13(12)9-2-3-9/h4-7,9H,2-3H2,1H3. The molecule has 0 N–H and O–H groups in total. The van der Waals surface area contributed by atoms with Crippen LogP contribution < -0.4 is 0 Å². The molecule has 18 heavy (non-hydrogen) atoms. The molecule has 0 bridgehead atoms. The Morgan fingerprint density at radius 1 is 1.39 bits per heavy atom. The topological polar surface area (TPSA) is 26.0 Å². The van der Waals surface area contributed by atoms with Crippen molar-refractivity contribution < 1.29 is 4.52 Å². The van der Waals surface area contributed by atoms with Gasteiger partial charge in [0.2, 0.25) is 0 Å². The highest BCUT2D eigenvalue weighted by molar-refractivity contribution is 9.10. The Labute approximate surface area is 119 Å². The molecule has 0 amide bonds. The van der Waals surface area contributed by atoms with Gasteiger partial charge >= 0.3 is 0 Å². The molecular formula is C14H12BrNOS. The molecule has 0 atom stereocenters. The van der Waals surface area contributed by atoms with Crippen molar-refractivity contribution in [1.82, 2.24) is 5.16 Å². The monoisotopic (exact) mass is 321 g/mol. The highest BCUT2D eigenvalue weighted by Crippen LogP contribution is 2.42. The maximum atomic E-state index is 5.59. The average Bonchev–Trinajstić information content (AvgIpc) is 3.06. The van der Waals surface area contributed by atoms with E-state index in [1.165, 1.54) is 12.8 Å². The first-order chi connectivity index (χ1) is 8.66. The Kier molecular flexibility index (Phi) is 3.08. The first-order valence-electron chi connectivity index (χ1n) is 5.92. The number of aryl methyl sites for hydroxylation is 1. The lowest BCUT2D eigenvalue weighted by Crippen LogP contribution is -2.03. The summed E-state index contributed by atoms with van der Waals surface area (Å²) in [6.45, 7) is 2.07. The Bertz CT molecular complexity index is 616. The summed E-state index contributed by atoms with van der Waals surface area (Å²) in [4.78, 5) is 0.836. The van der Waals surface area contributed by atoms with Gasteiger partial charge in [-0.15, -0.1) is 0 Å². The van der Waals surface area contributed by atoms with E-state index in [2.05, 4.69) is 34.1 Å². The van der Waals surface area contributed by atoms with Gasteiger partial charge in [-0.25, -0.2) is 0 Å². The fraction of sp³-hybridized carbons (Fsp3) is 0.286. The summed E-state index contributed by atoms with van der Waals surface area (Å²) >= 11 is 9.06. The molecular weight excluding hydrogens is 310 g/mol. The van der Waals surface area contributed by atoms with Gasteiger partial charge < -0.3 is 4.52 Å². The molecule has 2 nitrogen and oxygen atoms in total. The number of halogens is 1. The molecule has 0 saturated heterocycles. The van der Waals surface area contributed by atoms with Gasteiger partial charge in [-0.2, -0.15) is 0 Å². The lowest BCUT2D eigenvalue weighted by molar-refractivity contribution is 0.384. The number of thiocarbonyl (C=S) groups is 1. The van der Waals surface area contributed by atoms with E-state index in [0.29, 0.717) is 5.92 Å². The van der Waals surface area contributed by atoms with Crippen LogP contribution in [0.15, 0.2) is 33.4 Å². The van der Waals surface area contributed by atoms with Crippen molar-refractivity contribution in [3.63, 3.8) is 0 Å². The minimum absolute atomic E-state index is 0.524. The Balaban J connectivity index is 2.00. The fourth-order valence-electron chi connectivity index (χ4n) is 2.09. The van der Waals surface area contributed by atoms with E-state index < -0.39 is 0 Å². The molecule has 0 unspecified atom stereocenters. The summed E-state index contributed by atoms with van der Waals surface area (Å²) in [5, 5.41) is 3.91. The first-order valence-corrected chi connectivity index (χ1v) is 7.12. The summed E-state index contributed by atoms with van der Waals surface area (Å²) in [5.41, 5.74) is 3.23. The molecule has 3 rings (SSSR count). The highest BCUT2D eigenvalue weighted by Gasteiger charge is 2.31. The van der Waals surface area contributed by atoms with Gasteiger partial charge in [-0.3, -0.25) is 0 Å². The number of benzene rings is 1. The van der Waals surface area contributed by atoms with Crippen LogP contribution in [0.1, 0.15) is 41.2 Å². The van der Waals surface area contributed by atoms with Gasteiger partial charge in [0.25, 0.3) is 0 Å². The fourth-order valence-corrected chi connectivity index (χ4v) is 2.94. The Hall–Kier alpha value is -1.00. The average molecular weight is 322 g/mol. The molecule has 2 aromatic rings. The maximum Gasteiger partial charge on any atom is 0.148 e. The third-order valence-electron chi connectivity index (χ3n) is 3.22. The van der Waals surface area contributed by atoms with E-state index in [1.54, 1.807) is 6.20 Å². The second kappa shape index (κ2) is 4.59. The van der Waals surface area contributed by atoms with Crippen LogP contribution >= 0.6 is 28.1 Å². The van der Waals surface area contributed by atoms with E-state index in [1.807, 2.05) is 12.1 Å². The van der Waals surface area contributed by atoms with Crippen molar-refractivity contribution >= 4 is 33.0 Å². The highest BCUT2D eigenvalue weighted by atomic mass is 79.9. The molecule has 1 fully saturated rings. The smallest absolute Gasteiger partial charge is 0.148 e. The summed E-state index contributed by atoms with van der Waals surface area (Å²) < 4.78 is 6.42. The molecule has 1 saturated carbocycles. The number of nitrogens with zero attached hydrogens (tertiary/aromatic N) is 1. The third kappa shape index (κ3) is 2.15. The molecule has 1 aromatic carbocycles. The van der Waals surface area contributed by atoms with Gasteiger partial charge in [0, 0.05) is 10.4 Å². The van der Waals surface area contributed by atoms with Crippen molar-refractivity contribution in [1.29, 1.82) is 0 Å². The zero-order chi connectivity index (χ0) is 12.7. The van der Waals surface area contributed by atoms with E-state index in [0.717, 1.165) is 31.8 Å². The lowest BCUT2D eigenvalue weighted by Gasteiger charge is -2.07. The molecule has 0 aliphatic heterocycles. The SMILES string of the molecule is Cc1cc(Br)ccc1C(=S)c1cnoc1C1CC1. The van der Waals surface area contributed by atoms with Gasteiger partial charge in [-0.1, -0.05) is 39.4 Å². The largest absolute Gasteiger partial charge is 0.360 e. The zero-order valence-corrected chi connectivity index (χ0v) is 12.3. The van der Waals surface area contributed by atoms with E-state index in [-0.39, 0.29) is 0 Å². The van der Waals surface area contributed by atoms with Crippen molar-refractivity contribution in [3.8, 4) is 0 Å². The van der Waals surface area contributed by atoms with E-state index >= 15 is 0 Å². The normalized spacial score (nSPS) is 14.8. The van der Waals surface area contributed by atoms with Gasteiger partial charge in [0.1, 0.15) is 5.76 Å². The van der Waals surface area contributed by atoms with Gasteiger partial charge in [-0.05, 0) is 43.0 Å². The van der Waals surface area contributed by atoms with Crippen molar-refractivity contribution in [2.45, 2.75) is 25.7 Å². The Morgan fingerprint density at radius 3 is 2.83 bits per heavy atom. The van der Waals surface area contributed by atoms with Crippen LogP contribution in [0.3, 0.4) is 0 Å². The van der Waals surface area contributed by atoms with Crippen LogP contribution in [0, 0.1) is 6.92 Å². The van der Waals surface area contributed by atoms with Crippen LogP contribution in [0.5, 0.6) is 0 Å². The third-order valence-corrected chi connectivity index (χ3v) is 4.16. The van der Waals surface area contributed by atoms with Gasteiger partial charge in [0.05, 0.1) is 16.6 Å². The number of hydrogen-bond donors (Lipinski definition) is 0. The number of rotatable bonds is 3. The molecule has 92 valence electrons. The second-order valence-corrected chi connectivity index (χ2v) is 5.99. The second-order valence-electron chi connectivity index (χ2n) is 4.67. The molecule has 1 aliphatic carbocycles. The Morgan fingerprint density at radius 2 is 2.17 bits per heavy atom. The molecule has 0 spiro atoms. The first kappa shape index (κ1) is 12.1. The lowest BCUT2D eigenvalue weighted by atomic mass is 10.00. The summed E-state index contributed by atoms with van der Waals surface area (Å²) in [5.74, 6) is 1.48. The molecule has 1 aliphatic rings. The molecule has 1 heterocycles. The van der Waals surface area contributed by atoms with Crippen molar-refractivity contribution in [2.75, 3.05) is 0 Å². The van der Waals surface area contributed by atoms with Crippen LogP contribution in [-0.4, -0.2) is 10.0 Å². The summed E-state index contributed by atoms with van der Waals surface area (Å²) in [6.07, 6.45) is 4.12. The van der Waals surface area contributed by atoms with E-state index in [4.69, 9.17) is 16.7 Å². The quantitative estimate of drug-likeness (QED) is 0.619. The minimum Gasteiger partial charge on any atom is -0.360 e. The predicted octanol–water partition coefficient (Wildman–Crippen LogP) is 4.39. The molecule has 0 radical (unpaired) electrons. The molecule has 1 aromatic heterocycles. The number of hydrogen-bond acceptors (Lipinski definition) is 3. The summed E-state index contributed by atoms with van der Waals surface area (Å²) in [6, 6.07) is 6.14. The summed E-state index contributed by atoms with van der Waals surface area (Å²) in [7, 11) is 0. The maximum absolute atomic E-state index is 5.59.